The number of nitrogen functional groups attached to an aromatic ring is 1. The SMILES string of the molecule is CCCOc1cc(N2CCCOCC2)c(N)cc1F. The van der Waals surface area contributed by atoms with Gasteiger partial charge in [0.2, 0.25) is 0 Å². The molecular formula is C14H21FN2O2. The minimum atomic E-state index is -0.402. The number of halogens is 1. The van der Waals surface area contributed by atoms with E-state index in [0.717, 1.165) is 38.2 Å². The molecule has 1 fully saturated rings. The van der Waals surface area contributed by atoms with E-state index in [0.29, 0.717) is 18.9 Å². The maximum absolute atomic E-state index is 13.8. The van der Waals surface area contributed by atoms with Gasteiger partial charge in [-0.05, 0) is 12.8 Å². The molecule has 2 N–H and O–H groups in total. The fraction of sp³-hybridized carbons (Fsp3) is 0.571. The summed E-state index contributed by atoms with van der Waals surface area (Å²) in [6.45, 7) is 5.55. The number of nitrogens with two attached hydrogens (primary N) is 1. The van der Waals surface area contributed by atoms with Crippen LogP contribution < -0.4 is 15.4 Å². The first-order chi connectivity index (χ1) is 9.22. The average Bonchev–Trinajstić information content (AvgIpc) is 2.66. The van der Waals surface area contributed by atoms with E-state index in [2.05, 4.69) is 4.90 Å². The summed E-state index contributed by atoms with van der Waals surface area (Å²) in [4.78, 5) is 2.13. The van der Waals surface area contributed by atoms with E-state index in [1.807, 2.05) is 6.92 Å². The number of anilines is 2. The number of ether oxygens (including phenoxy) is 2. The Kier molecular flexibility index (Phi) is 4.85. The number of benzene rings is 1. The largest absolute Gasteiger partial charge is 0.490 e. The Morgan fingerprint density at radius 1 is 1.37 bits per heavy atom. The van der Waals surface area contributed by atoms with Crippen LogP contribution in [-0.4, -0.2) is 32.9 Å². The van der Waals surface area contributed by atoms with Crippen LogP contribution in [0.2, 0.25) is 0 Å². The van der Waals surface area contributed by atoms with E-state index < -0.39 is 5.82 Å². The third-order valence-corrected chi connectivity index (χ3v) is 3.11. The van der Waals surface area contributed by atoms with Gasteiger partial charge in [0.1, 0.15) is 0 Å². The van der Waals surface area contributed by atoms with Crippen molar-refractivity contribution in [3.63, 3.8) is 0 Å². The number of hydrogen-bond acceptors (Lipinski definition) is 4. The zero-order valence-electron chi connectivity index (χ0n) is 11.3. The summed E-state index contributed by atoms with van der Waals surface area (Å²) in [5.41, 5.74) is 7.20. The zero-order chi connectivity index (χ0) is 13.7. The average molecular weight is 268 g/mol. The monoisotopic (exact) mass is 268 g/mol. The van der Waals surface area contributed by atoms with Crippen LogP contribution in [0.3, 0.4) is 0 Å². The van der Waals surface area contributed by atoms with Crippen molar-refractivity contribution in [2.45, 2.75) is 19.8 Å². The second-order valence-corrected chi connectivity index (χ2v) is 4.64. The van der Waals surface area contributed by atoms with Crippen molar-refractivity contribution in [1.29, 1.82) is 0 Å². The standard InChI is InChI=1S/C14H21FN2O2/c1-2-6-19-14-10-13(12(16)9-11(14)15)17-4-3-7-18-8-5-17/h9-10H,2-8,16H2,1H3. The van der Waals surface area contributed by atoms with E-state index >= 15 is 0 Å². The third-order valence-electron chi connectivity index (χ3n) is 3.11. The Hall–Kier alpha value is -1.49. The summed E-state index contributed by atoms with van der Waals surface area (Å²) in [5.74, 6) is -0.128. The quantitative estimate of drug-likeness (QED) is 0.852. The van der Waals surface area contributed by atoms with Crippen LogP contribution in [0.5, 0.6) is 5.75 Å². The van der Waals surface area contributed by atoms with E-state index in [4.69, 9.17) is 15.2 Å². The summed E-state index contributed by atoms with van der Waals surface area (Å²) in [6.07, 6.45) is 1.79. The van der Waals surface area contributed by atoms with Crippen molar-refractivity contribution < 1.29 is 13.9 Å². The molecule has 19 heavy (non-hydrogen) atoms. The molecule has 5 heteroatoms. The molecule has 0 aromatic heterocycles. The molecule has 1 aliphatic rings. The van der Waals surface area contributed by atoms with Crippen LogP contribution in [-0.2, 0) is 4.74 Å². The maximum atomic E-state index is 13.8. The van der Waals surface area contributed by atoms with Crippen molar-refractivity contribution >= 4 is 11.4 Å². The van der Waals surface area contributed by atoms with Gasteiger partial charge in [-0.25, -0.2) is 4.39 Å². The Morgan fingerprint density at radius 3 is 3.00 bits per heavy atom. The predicted octanol–water partition coefficient (Wildman–Crippen LogP) is 2.42. The molecule has 1 aliphatic heterocycles. The number of rotatable bonds is 4. The van der Waals surface area contributed by atoms with Gasteiger partial charge in [0.05, 0.1) is 24.6 Å². The van der Waals surface area contributed by atoms with Gasteiger partial charge in [-0.1, -0.05) is 6.92 Å². The van der Waals surface area contributed by atoms with E-state index in [-0.39, 0.29) is 5.75 Å². The molecule has 0 unspecified atom stereocenters. The van der Waals surface area contributed by atoms with Crippen molar-refractivity contribution in [1.82, 2.24) is 0 Å². The second kappa shape index (κ2) is 6.61. The molecule has 2 rings (SSSR count). The fourth-order valence-corrected chi connectivity index (χ4v) is 2.14. The van der Waals surface area contributed by atoms with Crippen molar-refractivity contribution in [2.24, 2.45) is 0 Å². The Morgan fingerprint density at radius 2 is 2.21 bits per heavy atom. The summed E-state index contributed by atoms with van der Waals surface area (Å²) < 4.78 is 24.6. The highest BCUT2D eigenvalue weighted by molar-refractivity contribution is 5.70. The molecule has 0 radical (unpaired) electrons. The lowest BCUT2D eigenvalue weighted by molar-refractivity contribution is 0.152. The molecule has 0 atom stereocenters. The number of nitrogens with zero attached hydrogens (tertiary/aromatic N) is 1. The summed E-state index contributed by atoms with van der Waals surface area (Å²) in [5, 5.41) is 0. The van der Waals surface area contributed by atoms with Crippen molar-refractivity contribution in [2.75, 3.05) is 43.5 Å². The van der Waals surface area contributed by atoms with Crippen LogP contribution in [0.15, 0.2) is 12.1 Å². The minimum absolute atomic E-state index is 0.274. The lowest BCUT2D eigenvalue weighted by Gasteiger charge is -2.24. The van der Waals surface area contributed by atoms with Crippen molar-refractivity contribution in [3.8, 4) is 5.75 Å². The van der Waals surface area contributed by atoms with Crippen LogP contribution in [0.25, 0.3) is 0 Å². The molecule has 1 aromatic carbocycles. The van der Waals surface area contributed by atoms with Gasteiger partial charge in [0, 0.05) is 31.8 Å². The maximum Gasteiger partial charge on any atom is 0.167 e. The minimum Gasteiger partial charge on any atom is -0.490 e. The summed E-state index contributed by atoms with van der Waals surface area (Å²) >= 11 is 0. The highest BCUT2D eigenvalue weighted by Gasteiger charge is 2.16. The Bertz CT molecular complexity index is 418. The topological polar surface area (TPSA) is 47.7 Å². The molecule has 0 spiro atoms. The first-order valence-corrected chi connectivity index (χ1v) is 6.77. The molecule has 0 aliphatic carbocycles. The Balaban J connectivity index is 2.22. The van der Waals surface area contributed by atoms with Crippen LogP contribution in [0.4, 0.5) is 15.8 Å². The Labute approximate surface area is 113 Å². The van der Waals surface area contributed by atoms with Crippen LogP contribution in [0, 0.1) is 5.82 Å². The molecule has 1 aromatic rings. The zero-order valence-corrected chi connectivity index (χ0v) is 11.3. The molecule has 0 saturated carbocycles. The lowest BCUT2D eigenvalue weighted by atomic mass is 10.2. The van der Waals surface area contributed by atoms with Crippen LogP contribution in [0.1, 0.15) is 19.8 Å². The summed E-state index contributed by atoms with van der Waals surface area (Å²) in [6, 6.07) is 3.04. The van der Waals surface area contributed by atoms with Gasteiger partial charge in [-0.2, -0.15) is 0 Å². The van der Waals surface area contributed by atoms with Gasteiger partial charge >= 0.3 is 0 Å². The van der Waals surface area contributed by atoms with E-state index in [1.54, 1.807) is 6.07 Å². The van der Waals surface area contributed by atoms with Gasteiger partial charge in [-0.15, -0.1) is 0 Å². The molecule has 1 saturated heterocycles. The summed E-state index contributed by atoms with van der Waals surface area (Å²) in [7, 11) is 0. The van der Waals surface area contributed by atoms with Gasteiger partial charge in [-0.3, -0.25) is 0 Å². The third kappa shape index (κ3) is 3.50. The van der Waals surface area contributed by atoms with Gasteiger partial charge in [0.15, 0.2) is 11.6 Å². The van der Waals surface area contributed by atoms with Gasteiger partial charge in [0.25, 0.3) is 0 Å². The molecule has 4 nitrogen and oxygen atoms in total. The van der Waals surface area contributed by atoms with Crippen molar-refractivity contribution in [3.05, 3.63) is 17.9 Å². The first kappa shape index (κ1) is 13.9. The smallest absolute Gasteiger partial charge is 0.167 e. The molecule has 106 valence electrons. The highest BCUT2D eigenvalue weighted by Crippen LogP contribution is 2.31. The van der Waals surface area contributed by atoms with E-state index in [9.17, 15) is 4.39 Å². The fourth-order valence-electron chi connectivity index (χ4n) is 2.14. The number of hydrogen-bond donors (Lipinski definition) is 1. The predicted molar refractivity (Wildman–Crippen MR) is 74.2 cm³/mol. The van der Waals surface area contributed by atoms with Gasteiger partial charge < -0.3 is 20.1 Å². The lowest BCUT2D eigenvalue weighted by Crippen LogP contribution is -2.26. The second-order valence-electron chi connectivity index (χ2n) is 4.64. The molecule has 0 amide bonds. The van der Waals surface area contributed by atoms with Crippen LogP contribution >= 0.6 is 0 Å². The highest BCUT2D eigenvalue weighted by atomic mass is 19.1. The molecular weight excluding hydrogens is 247 g/mol. The molecule has 1 heterocycles. The molecule has 0 bridgehead atoms. The van der Waals surface area contributed by atoms with E-state index in [1.165, 1.54) is 6.07 Å². The first-order valence-electron chi connectivity index (χ1n) is 6.77. The normalized spacial score (nSPS) is 16.2.